The highest BCUT2D eigenvalue weighted by molar-refractivity contribution is 7.80. The average molecular weight is 274 g/mol. The van der Waals surface area contributed by atoms with Crippen LogP contribution in [0.5, 0.6) is 0 Å². The van der Waals surface area contributed by atoms with Gasteiger partial charge in [-0.25, -0.2) is 4.39 Å². The number of halogens is 1. The van der Waals surface area contributed by atoms with Crippen LogP contribution in [0.15, 0.2) is 54.6 Å². The van der Waals surface area contributed by atoms with Crippen LogP contribution in [0.4, 0.5) is 10.1 Å². The standard InChI is InChI=1S/C14H11FN2OS/c15-11-8-6-10(7-9-11)13(18)17-14(19)16-12-4-2-1-3-5-12/h1-9H,(H2,16,17,18,19). The highest BCUT2D eigenvalue weighted by Crippen LogP contribution is 2.05. The van der Waals surface area contributed by atoms with Gasteiger partial charge in [0.25, 0.3) is 5.91 Å². The molecule has 2 N–H and O–H groups in total. The number of thiocarbonyl (C=S) groups is 1. The summed E-state index contributed by atoms with van der Waals surface area (Å²) in [6.45, 7) is 0. The van der Waals surface area contributed by atoms with E-state index in [1.165, 1.54) is 24.3 Å². The zero-order chi connectivity index (χ0) is 13.7. The SMILES string of the molecule is O=C(NC(=S)Nc1ccccc1)c1ccc(F)cc1. The van der Waals surface area contributed by atoms with Gasteiger partial charge < -0.3 is 5.32 Å². The van der Waals surface area contributed by atoms with Crippen molar-refractivity contribution < 1.29 is 9.18 Å². The predicted octanol–water partition coefficient (Wildman–Crippen LogP) is 2.95. The molecule has 0 aromatic heterocycles. The van der Waals surface area contributed by atoms with Crippen LogP contribution in [-0.2, 0) is 0 Å². The second kappa shape index (κ2) is 6.06. The van der Waals surface area contributed by atoms with Gasteiger partial charge in [0, 0.05) is 11.3 Å². The number of para-hydroxylation sites is 1. The zero-order valence-electron chi connectivity index (χ0n) is 9.89. The van der Waals surface area contributed by atoms with Gasteiger partial charge in [-0.1, -0.05) is 18.2 Å². The van der Waals surface area contributed by atoms with E-state index in [2.05, 4.69) is 10.6 Å². The molecule has 0 radical (unpaired) electrons. The first-order valence-electron chi connectivity index (χ1n) is 5.58. The fourth-order valence-corrected chi connectivity index (χ4v) is 1.67. The Morgan fingerprint density at radius 1 is 1.00 bits per heavy atom. The number of hydrogen-bond donors (Lipinski definition) is 2. The van der Waals surface area contributed by atoms with Crippen molar-refractivity contribution in [2.24, 2.45) is 0 Å². The molecule has 0 bridgehead atoms. The number of anilines is 1. The maximum Gasteiger partial charge on any atom is 0.257 e. The van der Waals surface area contributed by atoms with Crippen molar-refractivity contribution in [1.82, 2.24) is 5.32 Å². The summed E-state index contributed by atoms with van der Waals surface area (Å²) in [5.41, 5.74) is 1.13. The first-order chi connectivity index (χ1) is 9.15. The number of benzene rings is 2. The summed E-state index contributed by atoms with van der Waals surface area (Å²) < 4.78 is 12.7. The van der Waals surface area contributed by atoms with Gasteiger partial charge in [-0.15, -0.1) is 0 Å². The number of carbonyl (C=O) groups excluding carboxylic acids is 1. The van der Waals surface area contributed by atoms with Gasteiger partial charge in [-0.3, -0.25) is 10.1 Å². The molecular weight excluding hydrogens is 263 g/mol. The lowest BCUT2D eigenvalue weighted by molar-refractivity contribution is 0.0977. The van der Waals surface area contributed by atoms with Crippen LogP contribution in [0.2, 0.25) is 0 Å². The van der Waals surface area contributed by atoms with E-state index < -0.39 is 0 Å². The molecule has 1 amide bonds. The molecule has 2 rings (SSSR count). The van der Waals surface area contributed by atoms with Gasteiger partial charge in [0.15, 0.2) is 5.11 Å². The van der Waals surface area contributed by atoms with Crippen LogP contribution < -0.4 is 10.6 Å². The Bertz CT molecular complexity index is 584. The Labute approximate surface area is 115 Å². The molecule has 0 spiro atoms. The fourth-order valence-electron chi connectivity index (χ4n) is 1.46. The third kappa shape index (κ3) is 3.86. The minimum Gasteiger partial charge on any atom is -0.332 e. The predicted molar refractivity (Wildman–Crippen MR) is 76.5 cm³/mol. The lowest BCUT2D eigenvalue weighted by Gasteiger charge is -2.09. The number of carbonyl (C=O) groups is 1. The highest BCUT2D eigenvalue weighted by Gasteiger charge is 2.07. The molecule has 0 saturated carbocycles. The fraction of sp³-hybridized carbons (Fsp3) is 0. The monoisotopic (exact) mass is 274 g/mol. The molecule has 0 fully saturated rings. The van der Waals surface area contributed by atoms with Crippen LogP contribution >= 0.6 is 12.2 Å². The van der Waals surface area contributed by atoms with Gasteiger partial charge in [0.2, 0.25) is 0 Å². The number of nitrogens with one attached hydrogen (secondary N) is 2. The quantitative estimate of drug-likeness (QED) is 0.827. The Morgan fingerprint density at radius 3 is 2.26 bits per heavy atom. The van der Waals surface area contributed by atoms with Crippen LogP contribution in [0.25, 0.3) is 0 Å². The second-order valence-corrected chi connectivity index (χ2v) is 4.19. The molecular formula is C14H11FN2OS. The van der Waals surface area contributed by atoms with Crippen molar-refractivity contribution in [3.05, 3.63) is 66.0 Å². The normalized spacial score (nSPS) is 9.74. The van der Waals surface area contributed by atoms with E-state index in [-0.39, 0.29) is 16.8 Å². The minimum atomic E-state index is -0.387. The number of amides is 1. The summed E-state index contributed by atoms with van der Waals surface area (Å²) in [6, 6.07) is 14.5. The summed E-state index contributed by atoms with van der Waals surface area (Å²) in [5.74, 6) is -0.769. The smallest absolute Gasteiger partial charge is 0.257 e. The first kappa shape index (κ1) is 13.2. The van der Waals surface area contributed by atoms with Gasteiger partial charge in [-0.2, -0.15) is 0 Å². The van der Waals surface area contributed by atoms with Crippen LogP contribution in [0.1, 0.15) is 10.4 Å². The lowest BCUT2D eigenvalue weighted by atomic mass is 10.2. The average Bonchev–Trinajstić information content (AvgIpc) is 2.40. The van der Waals surface area contributed by atoms with E-state index in [0.29, 0.717) is 5.56 Å². The molecule has 0 aliphatic rings. The summed E-state index contributed by atoms with van der Waals surface area (Å²) in [6.07, 6.45) is 0. The summed E-state index contributed by atoms with van der Waals surface area (Å²) >= 11 is 5.02. The second-order valence-electron chi connectivity index (χ2n) is 3.78. The third-order valence-corrected chi connectivity index (χ3v) is 2.57. The molecule has 5 heteroatoms. The van der Waals surface area contributed by atoms with Crippen molar-refractivity contribution in [1.29, 1.82) is 0 Å². The van der Waals surface area contributed by atoms with Crippen molar-refractivity contribution in [2.75, 3.05) is 5.32 Å². The molecule has 0 aliphatic carbocycles. The molecule has 96 valence electrons. The van der Waals surface area contributed by atoms with E-state index in [1.54, 1.807) is 0 Å². The number of rotatable bonds is 2. The molecule has 0 saturated heterocycles. The van der Waals surface area contributed by atoms with Crippen molar-refractivity contribution in [2.45, 2.75) is 0 Å². The molecule has 2 aromatic carbocycles. The Balaban J connectivity index is 1.95. The first-order valence-corrected chi connectivity index (χ1v) is 5.99. The van der Waals surface area contributed by atoms with Crippen molar-refractivity contribution >= 4 is 28.9 Å². The third-order valence-electron chi connectivity index (χ3n) is 2.37. The minimum absolute atomic E-state index is 0.195. The molecule has 0 atom stereocenters. The summed E-state index contributed by atoms with van der Waals surface area (Å²) in [4.78, 5) is 11.8. The highest BCUT2D eigenvalue weighted by atomic mass is 32.1. The van der Waals surface area contributed by atoms with Crippen molar-refractivity contribution in [3.8, 4) is 0 Å². The molecule has 0 unspecified atom stereocenters. The molecule has 3 nitrogen and oxygen atoms in total. The van der Waals surface area contributed by atoms with E-state index in [1.807, 2.05) is 30.3 Å². The van der Waals surface area contributed by atoms with Gasteiger partial charge >= 0.3 is 0 Å². The van der Waals surface area contributed by atoms with E-state index in [4.69, 9.17) is 12.2 Å². The molecule has 0 heterocycles. The van der Waals surface area contributed by atoms with E-state index in [0.717, 1.165) is 5.69 Å². The Morgan fingerprint density at radius 2 is 1.63 bits per heavy atom. The van der Waals surface area contributed by atoms with Gasteiger partial charge in [0.1, 0.15) is 5.82 Å². The van der Waals surface area contributed by atoms with E-state index >= 15 is 0 Å². The summed E-state index contributed by atoms with van der Waals surface area (Å²) in [7, 11) is 0. The Hall–Kier alpha value is -2.27. The lowest BCUT2D eigenvalue weighted by Crippen LogP contribution is -2.34. The van der Waals surface area contributed by atoms with Gasteiger partial charge in [0.05, 0.1) is 0 Å². The zero-order valence-corrected chi connectivity index (χ0v) is 10.7. The molecule has 0 aliphatic heterocycles. The Kier molecular flexibility index (Phi) is 4.20. The maximum absolute atomic E-state index is 12.7. The maximum atomic E-state index is 12.7. The van der Waals surface area contributed by atoms with Crippen LogP contribution in [-0.4, -0.2) is 11.0 Å². The largest absolute Gasteiger partial charge is 0.332 e. The van der Waals surface area contributed by atoms with Crippen molar-refractivity contribution in [3.63, 3.8) is 0 Å². The van der Waals surface area contributed by atoms with Crippen LogP contribution in [0, 0.1) is 5.82 Å². The van der Waals surface area contributed by atoms with Gasteiger partial charge in [-0.05, 0) is 48.6 Å². The van der Waals surface area contributed by atoms with Crippen LogP contribution in [0.3, 0.4) is 0 Å². The topological polar surface area (TPSA) is 41.1 Å². The van der Waals surface area contributed by atoms with E-state index in [9.17, 15) is 9.18 Å². The summed E-state index contributed by atoms with van der Waals surface area (Å²) in [5, 5.41) is 5.60. The number of hydrogen-bond acceptors (Lipinski definition) is 2. The molecule has 2 aromatic rings. The molecule has 19 heavy (non-hydrogen) atoms.